The van der Waals surface area contributed by atoms with Crippen molar-refractivity contribution >= 4 is 27.3 Å². The summed E-state index contributed by atoms with van der Waals surface area (Å²) in [5.41, 5.74) is 4.22. The Kier molecular flexibility index (Phi) is 3.22. The van der Waals surface area contributed by atoms with Crippen molar-refractivity contribution in [1.29, 1.82) is 0 Å². The van der Waals surface area contributed by atoms with E-state index in [0.717, 1.165) is 10.2 Å². The highest BCUT2D eigenvalue weighted by atomic mass is 79.9. The topological polar surface area (TPSA) is 12.9 Å². The Morgan fingerprint density at radius 3 is 2.67 bits per heavy atom. The number of halogens is 1. The lowest BCUT2D eigenvalue weighted by Crippen LogP contribution is -1.88. The summed E-state index contributed by atoms with van der Waals surface area (Å²) >= 11 is 5.29. The van der Waals surface area contributed by atoms with E-state index in [2.05, 4.69) is 46.9 Å². The first-order chi connectivity index (χ1) is 7.20. The van der Waals surface area contributed by atoms with E-state index >= 15 is 0 Å². The van der Waals surface area contributed by atoms with E-state index in [1.54, 1.807) is 11.3 Å². The van der Waals surface area contributed by atoms with Gasteiger partial charge in [0.05, 0.1) is 11.2 Å². The van der Waals surface area contributed by atoms with Gasteiger partial charge in [0.2, 0.25) is 0 Å². The zero-order valence-electron chi connectivity index (χ0n) is 8.70. The summed E-state index contributed by atoms with van der Waals surface area (Å²) in [6.45, 7) is 4.40. The van der Waals surface area contributed by atoms with Gasteiger partial charge in [0.1, 0.15) is 0 Å². The highest BCUT2D eigenvalue weighted by Crippen LogP contribution is 2.34. The Morgan fingerprint density at radius 2 is 2.00 bits per heavy atom. The van der Waals surface area contributed by atoms with Gasteiger partial charge in [-0.2, -0.15) is 0 Å². The second kappa shape index (κ2) is 4.45. The van der Waals surface area contributed by atoms with Crippen LogP contribution in [0.3, 0.4) is 0 Å². The van der Waals surface area contributed by atoms with Crippen molar-refractivity contribution in [1.82, 2.24) is 4.98 Å². The molecular formula is C12H12BrNS. The predicted octanol–water partition coefficient (Wildman–Crippen LogP) is 4.70. The third-order valence-corrected chi connectivity index (χ3v) is 4.07. The van der Waals surface area contributed by atoms with Crippen molar-refractivity contribution in [2.24, 2.45) is 0 Å². The van der Waals surface area contributed by atoms with Crippen LogP contribution in [-0.4, -0.2) is 4.98 Å². The van der Waals surface area contributed by atoms with Crippen LogP contribution in [0.5, 0.6) is 0 Å². The molecule has 0 spiro atoms. The van der Waals surface area contributed by atoms with Crippen molar-refractivity contribution in [3.8, 4) is 11.3 Å². The van der Waals surface area contributed by atoms with E-state index in [0.29, 0.717) is 5.92 Å². The van der Waals surface area contributed by atoms with E-state index in [-0.39, 0.29) is 0 Å². The fourth-order valence-corrected chi connectivity index (χ4v) is 2.81. The lowest BCUT2D eigenvalue weighted by molar-refractivity contribution is 0.888. The molecule has 1 heterocycles. The zero-order valence-corrected chi connectivity index (χ0v) is 11.1. The van der Waals surface area contributed by atoms with Crippen molar-refractivity contribution in [3.05, 3.63) is 39.1 Å². The molecule has 3 heteroatoms. The van der Waals surface area contributed by atoms with Gasteiger partial charge in [0.15, 0.2) is 0 Å². The molecule has 0 saturated heterocycles. The van der Waals surface area contributed by atoms with E-state index in [1.165, 1.54) is 10.4 Å². The number of thiazole rings is 1. The molecule has 78 valence electrons. The molecule has 0 aliphatic carbocycles. The maximum Gasteiger partial charge on any atom is 0.0857 e. The van der Waals surface area contributed by atoms with Crippen LogP contribution in [0.4, 0.5) is 0 Å². The van der Waals surface area contributed by atoms with Crippen molar-refractivity contribution in [3.63, 3.8) is 0 Å². The summed E-state index contributed by atoms with van der Waals surface area (Å²) in [7, 11) is 0. The molecule has 0 bridgehead atoms. The third kappa shape index (κ3) is 2.13. The standard InChI is InChI=1S/C12H12BrNS/c1-8(2)12-11(14-7-15-12)9-5-3-4-6-10(9)13/h3-8H,1-2H3. The molecule has 2 rings (SSSR count). The molecule has 0 unspecified atom stereocenters. The van der Waals surface area contributed by atoms with Gasteiger partial charge < -0.3 is 0 Å². The number of aromatic nitrogens is 1. The molecule has 0 radical (unpaired) electrons. The lowest BCUT2D eigenvalue weighted by Gasteiger charge is -2.06. The van der Waals surface area contributed by atoms with Gasteiger partial charge in [-0.1, -0.05) is 48.0 Å². The molecule has 2 aromatic rings. The lowest BCUT2D eigenvalue weighted by atomic mass is 10.1. The molecule has 15 heavy (non-hydrogen) atoms. The summed E-state index contributed by atoms with van der Waals surface area (Å²) < 4.78 is 1.11. The monoisotopic (exact) mass is 281 g/mol. The summed E-state index contributed by atoms with van der Waals surface area (Å²) in [6, 6.07) is 8.22. The molecule has 0 aliphatic rings. The summed E-state index contributed by atoms with van der Waals surface area (Å²) in [5.74, 6) is 0.527. The fraction of sp³-hybridized carbons (Fsp3) is 0.250. The van der Waals surface area contributed by atoms with E-state index in [4.69, 9.17) is 0 Å². The van der Waals surface area contributed by atoms with Crippen LogP contribution in [0.2, 0.25) is 0 Å². The first-order valence-corrected chi connectivity index (χ1v) is 6.55. The van der Waals surface area contributed by atoms with E-state index in [9.17, 15) is 0 Å². The van der Waals surface area contributed by atoms with Crippen molar-refractivity contribution in [2.45, 2.75) is 19.8 Å². The average molecular weight is 282 g/mol. The highest BCUT2D eigenvalue weighted by molar-refractivity contribution is 9.10. The molecule has 0 atom stereocenters. The molecule has 1 aromatic heterocycles. The average Bonchev–Trinajstić information content (AvgIpc) is 2.67. The molecule has 0 fully saturated rings. The normalized spacial score (nSPS) is 10.9. The van der Waals surface area contributed by atoms with Crippen LogP contribution in [0, 0.1) is 0 Å². The van der Waals surface area contributed by atoms with Gasteiger partial charge in [-0.25, -0.2) is 4.98 Å². The number of rotatable bonds is 2. The molecular weight excluding hydrogens is 270 g/mol. The number of benzene rings is 1. The molecule has 0 saturated carbocycles. The van der Waals surface area contributed by atoms with Crippen LogP contribution < -0.4 is 0 Å². The second-order valence-corrected chi connectivity index (χ2v) is 5.44. The maximum absolute atomic E-state index is 4.46. The Bertz CT molecular complexity index is 462. The Labute approximate surface area is 102 Å². The molecule has 0 aliphatic heterocycles. The van der Waals surface area contributed by atoms with Gasteiger partial charge in [-0.3, -0.25) is 0 Å². The zero-order chi connectivity index (χ0) is 10.8. The number of nitrogens with zero attached hydrogens (tertiary/aromatic N) is 1. The van der Waals surface area contributed by atoms with Crippen molar-refractivity contribution < 1.29 is 0 Å². The van der Waals surface area contributed by atoms with Gasteiger partial charge >= 0.3 is 0 Å². The maximum atomic E-state index is 4.46. The predicted molar refractivity (Wildman–Crippen MR) is 69.3 cm³/mol. The second-order valence-electron chi connectivity index (χ2n) is 3.70. The smallest absolute Gasteiger partial charge is 0.0857 e. The third-order valence-electron chi connectivity index (χ3n) is 2.25. The largest absolute Gasteiger partial charge is 0.244 e. The first-order valence-electron chi connectivity index (χ1n) is 4.88. The number of hydrogen-bond donors (Lipinski definition) is 0. The Balaban J connectivity index is 2.55. The van der Waals surface area contributed by atoms with Gasteiger partial charge in [-0.05, 0) is 12.0 Å². The van der Waals surface area contributed by atoms with E-state index in [1.807, 2.05) is 17.6 Å². The SMILES string of the molecule is CC(C)c1scnc1-c1ccccc1Br. The summed E-state index contributed by atoms with van der Waals surface area (Å²) in [6.07, 6.45) is 0. The highest BCUT2D eigenvalue weighted by Gasteiger charge is 2.13. The molecule has 0 N–H and O–H groups in total. The first kappa shape index (κ1) is 10.8. The minimum atomic E-state index is 0.527. The molecule has 1 nitrogen and oxygen atoms in total. The van der Waals surface area contributed by atoms with Crippen LogP contribution in [-0.2, 0) is 0 Å². The summed E-state index contributed by atoms with van der Waals surface area (Å²) in [4.78, 5) is 5.81. The van der Waals surface area contributed by atoms with Crippen LogP contribution in [0.25, 0.3) is 11.3 Å². The minimum Gasteiger partial charge on any atom is -0.244 e. The van der Waals surface area contributed by atoms with Gasteiger partial charge in [0, 0.05) is 14.9 Å². The quantitative estimate of drug-likeness (QED) is 0.778. The minimum absolute atomic E-state index is 0.527. The van der Waals surface area contributed by atoms with Gasteiger partial charge in [-0.15, -0.1) is 11.3 Å². The van der Waals surface area contributed by atoms with Crippen molar-refractivity contribution in [2.75, 3.05) is 0 Å². The van der Waals surface area contributed by atoms with E-state index < -0.39 is 0 Å². The van der Waals surface area contributed by atoms with Crippen LogP contribution in [0.1, 0.15) is 24.6 Å². The summed E-state index contributed by atoms with van der Waals surface area (Å²) in [5, 5.41) is 0. The Hall–Kier alpha value is -0.670. The Morgan fingerprint density at radius 1 is 1.27 bits per heavy atom. The fourth-order valence-electron chi connectivity index (χ4n) is 1.52. The van der Waals surface area contributed by atoms with Gasteiger partial charge in [0.25, 0.3) is 0 Å². The van der Waals surface area contributed by atoms with Crippen LogP contribution in [0.15, 0.2) is 34.2 Å². The molecule has 0 amide bonds. The molecule has 1 aromatic carbocycles. The van der Waals surface area contributed by atoms with Crippen LogP contribution >= 0.6 is 27.3 Å². The number of hydrogen-bond acceptors (Lipinski definition) is 2.